The van der Waals surface area contributed by atoms with Gasteiger partial charge < -0.3 is 15.2 Å². The Kier molecular flexibility index (Phi) is 6.20. The van der Waals surface area contributed by atoms with E-state index in [1.54, 1.807) is 24.3 Å². The zero-order valence-electron chi connectivity index (χ0n) is 12.2. The second-order valence-corrected chi connectivity index (χ2v) is 4.63. The standard InChI is InChI=1S/C18H19NO3/c20-13-12-19-18(21)16-8-10-17(11-9-16)22-14-4-7-15-5-2-1-3-6-15/h1-11,20H,12-14H2,(H,19,21)/b7-4+. The molecule has 0 aliphatic rings. The van der Waals surface area contributed by atoms with Crippen molar-refractivity contribution in [2.45, 2.75) is 0 Å². The van der Waals surface area contributed by atoms with Crippen molar-refractivity contribution in [1.29, 1.82) is 0 Å². The van der Waals surface area contributed by atoms with E-state index < -0.39 is 0 Å². The number of hydrogen-bond donors (Lipinski definition) is 2. The van der Waals surface area contributed by atoms with Crippen molar-refractivity contribution < 1.29 is 14.6 Å². The minimum atomic E-state index is -0.204. The molecule has 2 aromatic carbocycles. The summed E-state index contributed by atoms with van der Waals surface area (Å²) in [5, 5.41) is 11.3. The molecule has 2 aromatic rings. The Morgan fingerprint density at radius 2 is 1.82 bits per heavy atom. The fourth-order valence-corrected chi connectivity index (χ4v) is 1.87. The Morgan fingerprint density at radius 1 is 1.09 bits per heavy atom. The topological polar surface area (TPSA) is 58.6 Å². The molecule has 22 heavy (non-hydrogen) atoms. The number of aliphatic hydroxyl groups excluding tert-OH is 1. The van der Waals surface area contributed by atoms with E-state index in [-0.39, 0.29) is 19.1 Å². The lowest BCUT2D eigenvalue weighted by Crippen LogP contribution is -2.26. The Hall–Kier alpha value is -2.59. The van der Waals surface area contributed by atoms with Crippen LogP contribution >= 0.6 is 0 Å². The van der Waals surface area contributed by atoms with Gasteiger partial charge in [0.1, 0.15) is 12.4 Å². The lowest BCUT2D eigenvalue weighted by molar-refractivity contribution is 0.0944. The second-order valence-electron chi connectivity index (χ2n) is 4.63. The van der Waals surface area contributed by atoms with Crippen LogP contribution in [-0.4, -0.2) is 30.8 Å². The summed E-state index contributed by atoms with van der Waals surface area (Å²) in [6.45, 7) is 0.646. The molecule has 0 aromatic heterocycles. The highest BCUT2D eigenvalue weighted by atomic mass is 16.5. The summed E-state index contributed by atoms with van der Waals surface area (Å²) in [6, 6.07) is 16.9. The van der Waals surface area contributed by atoms with Crippen molar-refractivity contribution >= 4 is 12.0 Å². The monoisotopic (exact) mass is 297 g/mol. The summed E-state index contributed by atoms with van der Waals surface area (Å²) in [5.41, 5.74) is 1.67. The summed E-state index contributed by atoms with van der Waals surface area (Å²) in [7, 11) is 0. The molecular formula is C18H19NO3. The van der Waals surface area contributed by atoms with Gasteiger partial charge in [-0.2, -0.15) is 0 Å². The predicted molar refractivity (Wildman–Crippen MR) is 86.8 cm³/mol. The van der Waals surface area contributed by atoms with Gasteiger partial charge in [-0.05, 0) is 35.9 Å². The Bertz CT molecular complexity index is 606. The van der Waals surface area contributed by atoms with Crippen LogP contribution in [0.1, 0.15) is 15.9 Å². The number of ether oxygens (including phenoxy) is 1. The summed E-state index contributed by atoms with van der Waals surface area (Å²) < 4.78 is 5.59. The number of aliphatic hydroxyl groups is 1. The summed E-state index contributed by atoms with van der Waals surface area (Å²) in [6.07, 6.45) is 3.94. The van der Waals surface area contributed by atoms with E-state index in [1.165, 1.54) is 0 Å². The molecule has 0 radical (unpaired) electrons. The van der Waals surface area contributed by atoms with Gasteiger partial charge in [0.2, 0.25) is 0 Å². The molecule has 0 saturated carbocycles. The molecule has 0 unspecified atom stereocenters. The Labute approximate surface area is 130 Å². The molecule has 0 saturated heterocycles. The quantitative estimate of drug-likeness (QED) is 0.825. The van der Waals surface area contributed by atoms with Crippen LogP contribution < -0.4 is 10.1 Å². The number of rotatable bonds is 7. The summed E-state index contributed by atoms with van der Waals surface area (Å²) in [5.74, 6) is 0.501. The summed E-state index contributed by atoms with van der Waals surface area (Å²) in [4.78, 5) is 11.7. The van der Waals surface area contributed by atoms with Gasteiger partial charge in [-0.15, -0.1) is 0 Å². The van der Waals surface area contributed by atoms with Crippen molar-refractivity contribution in [1.82, 2.24) is 5.32 Å². The van der Waals surface area contributed by atoms with Crippen LogP contribution in [0.15, 0.2) is 60.7 Å². The third kappa shape index (κ3) is 5.07. The first-order valence-corrected chi connectivity index (χ1v) is 7.13. The largest absolute Gasteiger partial charge is 0.490 e. The van der Waals surface area contributed by atoms with E-state index in [2.05, 4.69) is 5.32 Å². The van der Waals surface area contributed by atoms with Gasteiger partial charge in [0.15, 0.2) is 0 Å². The van der Waals surface area contributed by atoms with Gasteiger partial charge in [-0.3, -0.25) is 4.79 Å². The molecule has 0 aliphatic heterocycles. The first-order chi connectivity index (χ1) is 10.8. The van der Waals surface area contributed by atoms with E-state index in [9.17, 15) is 4.79 Å². The van der Waals surface area contributed by atoms with Crippen LogP contribution in [0.2, 0.25) is 0 Å². The van der Waals surface area contributed by atoms with Gasteiger partial charge in [-0.25, -0.2) is 0 Å². The van der Waals surface area contributed by atoms with Crippen molar-refractivity contribution in [3.8, 4) is 5.75 Å². The molecule has 0 spiro atoms. The van der Waals surface area contributed by atoms with E-state index in [1.807, 2.05) is 42.5 Å². The lowest BCUT2D eigenvalue weighted by Gasteiger charge is -2.06. The SMILES string of the molecule is O=C(NCCO)c1ccc(OC/C=C/c2ccccc2)cc1. The predicted octanol–water partition coefficient (Wildman–Crippen LogP) is 2.50. The molecule has 1 amide bonds. The number of benzene rings is 2. The fraction of sp³-hybridized carbons (Fsp3) is 0.167. The highest BCUT2D eigenvalue weighted by Crippen LogP contribution is 2.12. The van der Waals surface area contributed by atoms with E-state index in [4.69, 9.17) is 9.84 Å². The van der Waals surface area contributed by atoms with Crippen LogP contribution in [0.25, 0.3) is 6.08 Å². The highest BCUT2D eigenvalue weighted by Gasteiger charge is 2.04. The Balaban J connectivity index is 1.81. The van der Waals surface area contributed by atoms with E-state index in [0.717, 1.165) is 5.56 Å². The molecule has 4 heteroatoms. The molecule has 0 bridgehead atoms. The smallest absolute Gasteiger partial charge is 0.251 e. The van der Waals surface area contributed by atoms with Gasteiger partial charge in [0, 0.05) is 12.1 Å². The van der Waals surface area contributed by atoms with Crippen LogP contribution in [0, 0.1) is 0 Å². The minimum Gasteiger partial charge on any atom is -0.490 e. The van der Waals surface area contributed by atoms with Crippen molar-refractivity contribution in [2.24, 2.45) is 0 Å². The maximum Gasteiger partial charge on any atom is 0.251 e. The van der Waals surface area contributed by atoms with Crippen LogP contribution in [0.3, 0.4) is 0 Å². The van der Waals surface area contributed by atoms with Crippen LogP contribution in [0.4, 0.5) is 0 Å². The Morgan fingerprint density at radius 3 is 2.50 bits per heavy atom. The maximum absolute atomic E-state index is 11.7. The highest BCUT2D eigenvalue weighted by molar-refractivity contribution is 5.94. The number of hydrogen-bond acceptors (Lipinski definition) is 3. The molecule has 0 fully saturated rings. The summed E-state index contributed by atoms with van der Waals surface area (Å²) >= 11 is 0. The maximum atomic E-state index is 11.7. The lowest BCUT2D eigenvalue weighted by atomic mass is 10.2. The van der Waals surface area contributed by atoms with Gasteiger partial charge in [-0.1, -0.05) is 36.4 Å². The minimum absolute atomic E-state index is 0.0688. The third-order valence-corrected chi connectivity index (χ3v) is 2.97. The normalized spacial score (nSPS) is 10.6. The van der Waals surface area contributed by atoms with Crippen LogP contribution in [-0.2, 0) is 0 Å². The van der Waals surface area contributed by atoms with E-state index in [0.29, 0.717) is 17.9 Å². The molecule has 4 nitrogen and oxygen atoms in total. The van der Waals surface area contributed by atoms with Gasteiger partial charge >= 0.3 is 0 Å². The third-order valence-electron chi connectivity index (χ3n) is 2.97. The van der Waals surface area contributed by atoms with Crippen molar-refractivity contribution in [3.63, 3.8) is 0 Å². The average molecular weight is 297 g/mol. The number of carbonyl (C=O) groups is 1. The molecule has 114 valence electrons. The molecule has 2 N–H and O–H groups in total. The van der Waals surface area contributed by atoms with Crippen molar-refractivity contribution in [3.05, 3.63) is 71.8 Å². The van der Waals surface area contributed by atoms with Gasteiger partial charge in [0.25, 0.3) is 5.91 Å². The molecule has 0 heterocycles. The zero-order chi connectivity index (χ0) is 15.6. The second kappa shape index (κ2) is 8.64. The average Bonchev–Trinajstić information content (AvgIpc) is 2.58. The van der Waals surface area contributed by atoms with Crippen molar-refractivity contribution in [2.75, 3.05) is 19.8 Å². The molecule has 0 atom stereocenters. The molecule has 2 rings (SSSR count). The molecular weight excluding hydrogens is 278 g/mol. The fourth-order valence-electron chi connectivity index (χ4n) is 1.87. The number of nitrogens with one attached hydrogen (secondary N) is 1. The van der Waals surface area contributed by atoms with E-state index >= 15 is 0 Å². The van der Waals surface area contributed by atoms with Crippen LogP contribution in [0.5, 0.6) is 5.75 Å². The first kappa shape index (κ1) is 15.8. The number of amides is 1. The number of carbonyl (C=O) groups excluding carboxylic acids is 1. The zero-order valence-corrected chi connectivity index (χ0v) is 12.2. The molecule has 0 aliphatic carbocycles. The van der Waals surface area contributed by atoms with Gasteiger partial charge in [0.05, 0.1) is 6.61 Å². The first-order valence-electron chi connectivity index (χ1n) is 7.13.